The Kier molecular flexibility index (Phi) is 4.66. The molecule has 0 saturated heterocycles. The van der Waals surface area contributed by atoms with Crippen LogP contribution < -0.4 is 11.1 Å². The topological polar surface area (TPSA) is 79.0 Å². The van der Waals surface area contributed by atoms with Crippen LogP contribution >= 0.6 is 12.4 Å². The highest BCUT2D eigenvalue weighted by molar-refractivity contribution is 5.96. The van der Waals surface area contributed by atoms with Gasteiger partial charge in [0, 0.05) is 18.2 Å². The molecule has 5 heteroatoms. The van der Waals surface area contributed by atoms with Gasteiger partial charge in [-0.2, -0.15) is 0 Å². The molecule has 0 heterocycles. The number of amides is 1. The average molecular weight is 214 g/mol. The Morgan fingerprint density at radius 2 is 1.86 bits per heavy atom. The lowest BCUT2D eigenvalue weighted by molar-refractivity contribution is -0.114. The van der Waals surface area contributed by atoms with E-state index in [1.807, 2.05) is 0 Å². The summed E-state index contributed by atoms with van der Waals surface area (Å²) in [5, 5.41) is 9.76. The quantitative estimate of drug-likeness (QED) is 0.512. The van der Waals surface area contributed by atoms with Gasteiger partial charge in [-0.25, -0.2) is 0 Å². The van der Waals surface area contributed by atoms with Gasteiger partial charge in [-0.1, -0.05) is 0 Å². The number of rotatable bonds is 2. The molecule has 1 aromatic rings. The minimum absolute atomic E-state index is 0. The largest absolute Gasteiger partial charge is 0.384 e. The number of nitrogen functional groups attached to an aromatic ring is 1. The molecule has 4 nitrogen and oxygen atoms in total. The Balaban J connectivity index is 0.00000169. The van der Waals surface area contributed by atoms with E-state index in [2.05, 4.69) is 5.32 Å². The van der Waals surface area contributed by atoms with Crippen molar-refractivity contribution in [3.63, 3.8) is 0 Å². The van der Waals surface area contributed by atoms with Crippen LogP contribution in [0.1, 0.15) is 12.5 Å². The lowest BCUT2D eigenvalue weighted by Crippen LogP contribution is -2.11. The predicted molar refractivity (Wildman–Crippen MR) is 59.0 cm³/mol. The summed E-state index contributed by atoms with van der Waals surface area (Å²) in [5.41, 5.74) is 6.61. The smallest absolute Gasteiger partial charge is 0.221 e. The zero-order valence-corrected chi connectivity index (χ0v) is 8.52. The Labute approximate surface area is 88.4 Å². The first-order chi connectivity index (χ1) is 6.09. The fraction of sp³-hybridized carbons (Fsp3) is 0.111. The van der Waals surface area contributed by atoms with Gasteiger partial charge in [0.25, 0.3) is 0 Å². The van der Waals surface area contributed by atoms with Crippen molar-refractivity contribution in [2.75, 3.05) is 5.32 Å². The van der Waals surface area contributed by atoms with E-state index in [0.717, 1.165) is 0 Å². The van der Waals surface area contributed by atoms with E-state index in [-0.39, 0.29) is 24.1 Å². The number of hydrogen-bond acceptors (Lipinski definition) is 2. The van der Waals surface area contributed by atoms with Crippen LogP contribution in [0.2, 0.25) is 0 Å². The molecule has 14 heavy (non-hydrogen) atoms. The standard InChI is InChI=1S/C9H11N3O.ClH/c1-6(13)12-8-4-2-7(3-5-8)9(10)11;/h2-5H,1H3,(H3,10,11)(H,12,13);1H. The molecule has 0 radical (unpaired) electrons. The van der Waals surface area contributed by atoms with Gasteiger partial charge in [-0.15, -0.1) is 12.4 Å². The molecule has 0 atom stereocenters. The number of amidine groups is 1. The summed E-state index contributed by atoms with van der Waals surface area (Å²) in [6, 6.07) is 6.79. The average Bonchev–Trinajstić information content (AvgIpc) is 2.04. The maximum Gasteiger partial charge on any atom is 0.221 e. The van der Waals surface area contributed by atoms with E-state index < -0.39 is 0 Å². The van der Waals surface area contributed by atoms with Crippen LogP contribution in [-0.2, 0) is 4.79 Å². The number of carbonyl (C=O) groups is 1. The summed E-state index contributed by atoms with van der Waals surface area (Å²) in [6.07, 6.45) is 0. The summed E-state index contributed by atoms with van der Waals surface area (Å²) >= 11 is 0. The zero-order valence-electron chi connectivity index (χ0n) is 7.70. The second-order valence-corrected chi connectivity index (χ2v) is 2.67. The highest BCUT2D eigenvalue weighted by Crippen LogP contribution is 2.08. The van der Waals surface area contributed by atoms with Gasteiger partial charge < -0.3 is 11.1 Å². The van der Waals surface area contributed by atoms with Crippen molar-refractivity contribution >= 4 is 29.8 Å². The van der Waals surface area contributed by atoms with Crippen molar-refractivity contribution in [3.05, 3.63) is 29.8 Å². The molecule has 0 aromatic heterocycles. The first-order valence-electron chi connectivity index (χ1n) is 3.81. The highest BCUT2D eigenvalue weighted by atomic mass is 35.5. The normalized spacial score (nSPS) is 8.64. The molecule has 1 amide bonds. The lowest BCUT2D eigenvalue weighted by atomic mass is 10.2. The fourth-order valence-electron chi connectivity index (χ4n) is 0.936. The summed E-state index contributed by atoms with van der Waals surface area (Å²) < 4.78 is 0. The fourth-order valence-corrected chi connectivity index (χ4v) is 0.936. The highest BCUT2D eigenvalue weighted by Gasteiger charge is 1.97. The zero-order chi connectivity index (χ0) is 9.84. The van der Waals surface area contributed by atoms with Gasteiger partial charge >= 0.3 is 0 Å². The SMILES string of the molecule is CC(=O)Nc1ccc(C(=N)N)cc1.Cl. The van der Waals surface area contributed by atoms with E-state index in [1.54, 1.807) is 24.3 Å². The van der Waals surface area contributed by atoms with Crippen LogP contribution in [0.25, 0.3) is 0 Å². The molecule has 0 aliphatic heterocycles. The third-order valence-corrected chi connectivity index (χ3v) is 1.52. The van der Waals surface area contributed by atoms with E-state index >= 15 is 0 Å². The van der Waals surface area contributed by atoms with Crippen LogP contribution in [0, 0.1) is 5.41 Å². The molecular formula is C9H12ClN3O. The van der Waals surface area contributed by atoms with Crippen LogP contribution in [0.3, 0.4) is 0 Å². The Morgan fingerprint density at radius 3 is 2.21 bits per heavy atom. The van der Waals surface area contributed by atoms with Crippen molar-refractivity contribution in [1.29, 1.82) is 5.41 Å². The molecular weight excluding hydrogens is 202 g/mol. The first-order valence-corrected chi connectivity index (χ1v) is 3.81. The summed E-state index contributed by atoms with van der Waals surface area (Å²) in [4.78, 5) is 10.7. The number of hydrogen-bond donors (Lipinski definition) is 3. The molecule has 0 bridgehead atoms. The minimum Gasteiger partial charge on any atom is -0.384 e. The van der Waals surface area contributed by atoms with Crippen molar-refractivity contribution in [1.82, 2.24) is 0 Å². The van der Waals surface area contributed by atoms with Crippen LogP contribution in [0.4, 0.5) is 5.69 Å². The summed E-state index contributed by atoms with van der Waals surface area (Å²) in [7, 11) is 0. The molecule has 4 N–H and O–H groups in total. The summed E-state index contributed by atoms with van der Waals surface area (Å²) in [5.74, 6) is -0.0926. The van der Waals surface area contributed by atoms with Gasteiger partial charge in [-0.3, -0.25) is 10.2 Å². The second kappa shape index (κ2) is 5.24. The molecule has 76 valence electrons. The van der Waals surface area contributed by atoms with E-state index in [0.29, 0.717) is 11.3 Å². The number of halogens is 1. The van der Waals surface area contributed by atoms with Gasteiger partial charge in [0.05, 0.1) is 0 Å². The van der Waals surface area contributed by atoms with Gasteiger partial charge in [0.1, 0.15) is 5.84 Å². The minimum atomic E-state index is -0.115. The van der Waals surface area contributed by atoms with Crippen molar-refractivity contribution in [2.24, 2.45) is 5.73 Å². The van der Waals surface area contributed by atoms with Gasteiger partial charge in [0.2, 0.25) is 5.91 Å². The monoisotopic (exact) mass is 213 g/mol. The molecule has 0 aliphatic carbocycles. The lowest BCUT2D eigenvalue weighted by Gasteiger charge is -2.02. The third kappa shape index (κ3) is 3.45. The predicted octanol–water partition coefficient (Wildman–Crippen LogP) is 1.35. The van der Waals surface area contributed by atoms with Crippen molar-refractivity contribution in [2.45, 2.75) is 6.92 Å². The Hall–Kier alpha value is -1.55. The molecule has 0 spiro atoms. The molecule has 0 fully saturated rings. The number of nitrogens with two attached hydrogens (primary N) is 1. The molecule has 1 rings (SSSR count). The van der Waals surface area contributed by atoms with E-state index in [9.17, 15) is 4.79 Å². The Bertz CT molecular complexity index is 334. The van der Waals surface area contributed by atoms with E-state index in [4.69, 9.17) is 11.1 Å². The maximum atomic E-state index is 10.7. The molecule has 0 aliphatic rings. The molecule has 1 aromatic carbocycles. The summed E-state index contributed by atoms with van der Waals surface area (Å²) in [6.45, 7) is 1.44. The second-order valence-electron chi connectivity index (χ2n) is 2.67. The number of anilines is 1. The van der Waals surface area contributed by atoms with E-state index in [1.165, 1.54) is 6.92 Å². The maximum absolute atomic E-state index is 10.7. The number of nitrogens with one attached hydrogen (secondary N) is 2. The number of carbonyl (C=O) groups excluding carboxylic acids is 1. The number of benzene rings is 1. The van der Waals surface area contributed by atoms with Crippen LogP contribution in [0.15, 0.2) is 24.3 Å². The van der Waals surface area contributed by atoms with Crippen molar-refractivity contribution < 1.29 is 4.79 Å². The third-order valence-electron chi connectivity index (χ3n) is 1.52. The first kappa shape index (κ1) is 12.4. The van der Waals surface area contributed by atoms with Gasteiger partial charge in [-0.05, 0) is 24.3 Å². The van der Waals surface area contributed by atoms with Crippen LogP contribution in [-0.4, -0.2) is 11.7 Å². The van der Waals surface area contributed by atoms with Crippen molar-refractivity contribution in [3.8, 4) is 0 Å². The Morgan fingerprint density at radius 1 is 1.36 bits per heavy atom. The van der Waals surface area contributed by atoms with Gasteiger partial charge in [0.15, 0.2) is 0 Å². The molecule has 0 saturated carbocycles. The molecule has 0 unspecified atom stereocenters. The van der Waals surface area contributed by atoms with Crippen LogP contribution in [0.5, 0.6) is 0 Å².